The van der Waals surface area contributed by atoms with E-state index in [1.165, 1.54) is 6.07 Å². The molecule has 4 aliphatic heterocycles. The molecule has 10 heteroatoms. The summed E-state index contributed by atoms with van der Waals surface area (Å²) < 4.78 is 52.8. The third kappa shape index (κ3) is 4.47. The molecule has 1 N–H and O–H groups in total. The van der Waals surface area contributed by atoms with Crippen molar-refractivity contribution < 1.29 is 17.9 Å². The zero-order valence-electron chi connectivity index (χ0n) is 25.0. The molecule has 5 atom stereocenters. The summed E-state index contributed by atoms with van der Waals surface area (Å²) in [6.07, 6.45) is 9.38. The zero-order chi connectivity index (χ0) is 31.0. The van der Waals surface area contributed by atoms with Crippen LogP contribution in [0.3, 0.4) is 0 Å². The first kappa shape index (κ1) is 28.3. The van der Waals surface area contributed by atoms with Crippen LogP contribution in [0.5, 0.6) is 6.01 Å². The fourth-order valence-corrected chi connectivity index (χ4v) is 8.09. The Labute approximate surface area is 259 Å². The molecule has 2 aromatic carbocycles. The number of halogens is 3. The molecule has 0 spiro atoms. The summed E-state index contributed by atoms with van der Waals surface area (Å²) in [5, 5.41) is 5.16. The zero-order valence-corrected chi connectivity index (χ0v) is 25.0. The topological polar surface area (TPSA) is 66.4 Å². The van der Waals surface area contributed by atoms with Crippen LogP contribution in [0, 0.1) is 24.0 Å². The smallest absolute Gasteiger partial charge is 0.319 e. The lowest BCUT2D eigenvalue weighted by Crippen LogP contribution is -2.51. The van der Waals surface area contributed by atoms with Crippen molar-refractivity contribution in [3.05, 3.63) is 65.9 Å². The summed E-state index contributed by atoms with van der Waals surface area (Å²) >= 11 is 0. The van der Waals surface area contributed by atoms with Gasteiger partial charge in [-0.3, -0.25) is 9.88 Å². The maximum absolute atomic E-state index is 16.8. The largest absolute Gasteiger partial charge is 0.461 e. The highest BCUT2D eigenvalue weighted by atomic mass is 19.1. The maximum atomic E-state index is 16.8. The van der Waals surface area contributed by atoms with Gasteiger partial charge in [0.05, 0.1) is 16.5 Å². The minimum Gasteiger partial charge on any atom is -0.461 e. The Bertz CT molecular complexity index is 1910. The monoisotopic (exact) mass is 610 g/mol. The fourth-order valence-electron chi connectivity index (χ4n) is 8.09. The van der Waals surface area contributed by atoms with Crippen molar-refractivity contribution in [1.82, 2.24) is 25.2 Å². The quantitative estimate of drug-likeness (QED) is 0.235. The highest BCUT2D eigenvalue weighted by Gasteiger charge is 2.54. The van der Waals surface area contributed by atoms with Gasteiger partial charge in [0.25, 0.3) is 0 Å². The number of nitrogens with one attached hydrogen (secondary N) is 1. The molecule has 6 heterocycles. The predicted octanol–water partition coefficient (Wildman–Crippen LogP) is 5.55. The number of hydrogen-bond acceptors (Lipinski definition) is 7. The van der Waals surface area contributed by atoms with Crippen LogP contribution in [0.4, 0.5) is 19.0 Å². The third-order valence-corrected chi connectivity index (χ3v) is 10.2. The molecule has 7 nitrogen and oxygen atoms in total. The molecule has 0 amide bonds. The highest BCUT2D eigenvalue weighted by Crippen LogP contribution is 2.45. The molecule has 45 heavy (non-hydrogen) atoms. The minimum absolute atomic E-state index is 0.00734. The number of benzene rings is 2. The Kier molecular flexibility index (Phi) is 6.55. The van der Waals surface area contributed by atoms with E-state index >= 15 is 4.39 Å². The Morgan fingerprint density at radius 2 is 1.96 bits per heavy atom. The summed E-state index contributed by atoms with van der Waals surface area (Å²) in [5.41, 5.74) is 0.960. The molecule has 0 saturated carbocycles. The van der Waals surface area contributed by atoms with Gasteiger partial charge in [-0.05, 0) is 37.6 Å². The average molecular weight is 611 g/mol. The number of hydrogen-bond donors (Lipinski definition) is 1. The van der Waals surface area contributed by atoms with E-state index in [-0.39, 0.29) is 35.4 Å². The lowest BCUT2D eigenvalue weighted by Gasteiger charge is -2.35. The van der Waals surface area contributed by atoms with Gasteiger partial charge in [0, 0.05) is 61.3 Å². The van der Waals surface area contributed by atoms with E-state index in [1.807, 2.05) is 6.92 Å². The van der Waals surface area contributed by atoms with E-state index in [4.69, 9.17) is 16.1 Å². The number of pyridine rings is 1. The lowest BCUT2D eigenvalue weighted by atomic mass is 9.93. The van der Waals surface area contributed by atoms with Gasteiger partial charge >= 0.3 is 6.01 Å². The average Bonchev–Trinajstić information content (AvgIpc) is 3.63. The Morgan fingerprint density at radius 3 is 2.73 bits per heavy atom. The first-order chi connectivity index (χ1) is 21.7. The number of anilines is 1. The van der Waals surface area contributed by atoms with E-state index in [1.54, 1.807) is 30.5 Å². The van der Waals surface area contributed by atoms with Crippen LogP contribution in [0.1, 0.15) is 38.2 Å². The summed E-state index contributed by atoms with van der Waals surface area (Å²) in [6.45, 7) is 8.24. The van der Waals surface area contributed by atoms with Crippen molar-refractivity contribution in [1.29, 1.82) is 0 Å². The van der Waals surface area contributed by atoms with Crippen LogP contribution in [0.2, 0.25) is 0 Å². The number of rotatable bonds is 5. The summed E-state index contributed by atoms with van der Waals surface area (Å²) in [4.78, 5) is 18.3. The van der Waals surface area contributed by atoms with Gasteiger partial charge in [-0.1, -0.05) is 42.3 Å². The van der Waals surface area contributed by atoms with E-state index < -0.39 is 23.3 Å². The van der Waals surface area contributed by atoms with Gasteiger partial charge in [0.15, 0.2) is 5.82 Å². The third-order valence-electron chi connectivity index (χ3n) is 10.2. The molecule has 4 saturated heterocycles. The molecular formula is C35H33F3N6O. The van der Waals surface area contributed by atoms with E-state index in [9.17, 15) is 8.78 Å². The minimum atomic E-state index is -0.976. The fraction of sp³-hybridized carbons (Fsp3) is 0.400. The molecule has 230 valence electrons. The number of terminal acetylenes is 1. The van der Waals surface area contributed by atoms with E-state index in [0.717, 1.165) is 18.4 Å². The Hall–Kier alpha value is -4.20. The van der Waals surface area contributed by atoms with Gasteiger partial charge in [-0.2, -0.15) is 9.97 Å². The molecule has 0 unspecified atom stereocenters. The molecule has 4 fully saturated rings. The van der Waals surface area contributed by atoms with Gasteiger partial charge in [0.2, 0.25) is 0 Å². The first-order valence-electron chi connectivity index (χ1n) is 15.5. The molecule has 4 aliphatic rings. The van der Waals surface area contributed by atoms with Crippen LogP contribution in [-0.4, -0.2) is 75.9 Å². The van der Waals surface area contributed by atoms with Crippen LogP contribution in [-0.2, 0) is 0 Å². The van der Waals surface area contributed by atoms with Crippen LogP contribution in [0.15, 0.2) is 48.7 Å². The Balaban J connectivity index is 1.26. The standard InChI is InChI=1S/C35H33F3N6O/c1-4-24-27(36)11-8-21-6-5-7-25(29(21)24)31-30(38)32-26(14-39-31)33(43-16-22-9-10-23(17-43)40-22)42-34(41-32)45-18-35-12-19(2)15-44(35)20(3)28(37)13-35/h1,5-8,11,14,20,22-23,28,40H,2,9-10,12-13,15-18H2,3H3/t20-,22-,23+,28-,35-/m1/s1. The van der Waals surface area contributed by atoms with Gasteiger partial charge in [0.1, 0.15) is 35.6 Å². The number of alkyl halides is 1. The SMILES string of the molecule is C#Cc1c(F)ccc2cccc(-c3ncc4c(N5C[C@H]6CC[C@@H](C5)N6)nc(OC[C@]56CC(=C)CN5[C@H](C)[C@H](F)C6)nc4c3F)c12. The first-order valence-corrected chi connectivity index (χ1v) is 15.5. The van der Waals surface area contributed by atoms with Crippen LogP contribution >= 0.6 is 0 Å². The van der Waals surface area contributed by atoms with Gasteiger partial charge in [-0.25, -0.2) is 13.2 Å². The number of ether oxygens (including phenoxy) is 1. The summed E-state index contributed by atoms with van der Waals surface area (Å²) in [6, 6.07) is 8.56. The van der Waals surface area contributed by atoms with Crippen LogP contribution in [0.25, 0.3) is 32.9 Å². The van der Waals surface area contributed by atoms with Crippen molar-refractivity contribution in [2.75, 3.05) is 31.1 Å². The Morgan fingerprint density at radius 1 is 1.16 bits per heavy atom. The molecule has 4 aromatic rings. The molecule has 2 bridgehead atoms. The molecule has 0 aliphatic carbocycles. The van der Waals surface area contributed by atoms with Gasteiger partial charge in [-0.15, -0.1) is 6.42 Å². The molecular weight excluding hydrogens is 577 g/mol. The van der Waals surface area contributed by atoms with Crippen molar-refractivity contribution in [2.24, 2.45) is 0 Å². The molecule has 8 rings (SSSR count). The van der Waals surface area contributed by atoms with Crippen molar-refractivity contribution in [3.8, 4) is 29.6 Å². The predicted molar refractivity (Wildman–Crippen MR) is 168 cm³/mol. The second-order valence-corrected chi connectivity index (χ2v) is 13.1. The normalized spacial score (nSPS) is 27.8. The molecule has 2 aromatic heterocycles. The van der Waals surface area contributed by atoms with Crippen LogP contribution < -0.4 is 15.0 Å². The summed E-state index contributed by atoms with van der Waals surface area (Å²) in [7, 11) is 0. The van der Waals surface area contributed by atoms with Crippen molar-refractivity contribution >= 4 is 27.5 Å². The van der Waals surface area contributed by atoms with E-state index in [2.05, 4.69) is 37.6 Å². The maximum Gasteiger partial charge on any atom is 0.319 e. The number of piperazine rings is 1. The number of aromatic nitrogens is 3. The second-order valence-electron chi connectivity index (χ2n) is 13.1. The second kappa shape index (κ2) is 10.4. The van der Waals surface area contributed by atoms with Gasteiger partial charge < -0.3 is 15.0 Å². The number of nitrogens with zero attached hydrogens (tertiary/aromatic N) is 5. The summed E-state index contributed by atoms with van der Waals surface area (Å²) in [5.74, 6) is 1.74. The molecule has 0 radical (unpaired) electrons. The van der Waals surface area contributed by atoms with Crippen molar-refractivity contribution in [2.45, 2.75) is 62.4 Å². The lowest BCUT2D eigenvalue weighted by molar-refractivity contribution is 0.0879. The highest BCUT2D eigenvalue weighted by molar-refractivity contribution is 6.02. The van der Waals surface area contributed by atoms with E-state index in [0.29, 0.717) is 72.1 Å². The van der Waals surface area contributed by atoms with Crippen molar-refractivity contribution in [3.63, 3.8) is 0 Å². The number of fused-ring (bicyclic) bond motifs is 5.